The van der Waals surface area contributed by atoms with Gasteiger partial charge >= 0.3 is 0 Å². The molecule has 0 saturated heterocycles. The van der Waals surface area contributed by atoms with Gasteiger partial charge in [0.1, 0.15) is 5.76 Å². The lowest BCUT2D eigenvalue weighted by Gasteiger charge is -2.06. The summed E-state index contributed by atoms with van der Waals surface area (Å²) in [4.78, 5) is 12.7. The van der Waals surface area contributed by atoms with Crippen molar-refractivity contribution in [3.8, 4) is 11.3 Å². The summed E-state index contributed by atoms with van der Waals surface area (Å²) in [6.45, 7) is 0. The highest BCUT2D eigenvalue weighted by molar-refractivity contribution is 7.88. The van der Waals surface area contributed by atoms with Crippen LogP contribution < -0.4 is 10.0 Å². The molecule has 0 bridgehead atoms. The van der Waals surface area contributed by atoms with Gasteiger partial charge in [0.15, 0.2) is 5.69 Å². The topological polar surface area (TPSA) is 117 Å². The van der Waals surface area contributed by atoms with Crippen molar-refractivity contribution in [2.75, 3.05) is 12.4 Å². The third-order valence-corrected chi connectivity index (χ3v) is 5.80. The van der Waals surface area contributed by atoms with Crippen LogP contribution in [0.15, 0.2) is 65.3 Å². The molecular weight excluding hydrogens is 392 g/mol. The van der Waals surface area contributed by atoms with E-state index < -0.39 is 10.0 Å². The van der Waals surface area contributed by atoms with Crippen LogP contribution in [0.25, 0.3) is 22.2 Å². The highest BCUT2D eigenvalue weighted by Crippen LogP contribution is 2.26. The molecule has 0 aliphatic carbocycles. The van der Waals surface area contributed by atoms with Gasteiger partial charge in [-0.25, -0.2) is 13.1 Å². The van der Waals surface area contributed by atoms with Gasteiger partial charge in [-0.2, -0.15) is 5.10 Å². The van der Waals surface area contributed by atoms with Gasteiger partial charge in [0.2, 0.25) is 10.0 Å². The lowest BCUT2D eigenvalue weighted by atomic mass is 10.1. The highest BCUT2D eigenvalue weighted by atomic mass is 32.2. The van der Waals surface area contributed by atoms with Gasteiger partial charge in [-0.3, -0.25) is 9.89 Å². The SMILES string of the molecule is CNS(=O)(=O)Cc1ccc(NC(=O)c2n[nH]c3ccc(-c4ccco4)cc23)cc1. The third-order valence-electron chi connectivity index (χ3n) is 4.46. The van der Waals surface area contributed by atoms with Gasteiger partial charge < -0.3 is 9.73 Å². The van der Waals surface area contributed by atoms with Crippen molar-refractivity contribution >= 4 is 32.5 Å². The molecule has 2 aromatic carbocycles. The number of benzene rings is 2. The Morgan fingerprint density at radius 2 is 1.93 bits per heavy atom. The van der Waals surface area contributed by atoms with Crippen LogP contribution in [0.3, 0.4) is 0 Å². The first-order valence-electron chi connectivity index (χ1n) is 8.79. The first-order valence-corrected chi connectivity index (χ1v) is 10.4. The molecule has 8 nitrogen and oxygen atoms in total. The number of hydrogen-bond donors (Lipinski definition) is 3. The molecule has 0 radical (unpaired) electrons. The standard InChI is InChI=1S/C20H18N4O4S/c1-21-29(26,27)12-13-4-7-15(8-5-13)22-20(25)19-16-11-14(18-3-2-10-28-18)6-9-17(16)23-24-19/h2-11,21H,12H2,1H3,(H,22,25)(H,23,24). The number of nitrogens with one attached hydrogen (secondary N) is 3. The van der Waals surface area contributed by atoms with Crippen molar-refractivity contribution in [3.05, 3.63) is 72.1 Å². The lowest BCUT2D eigenvalue weighted by Crippen LogP contribution is -2.20. The van der Waals surface area contributed by atoms with E-state index in [9.17, 15) is 13.2 Å². The van der Waals surface area contributed by atoms with E-state index in [1.54, 1.807) is 36.6 Å². The number of aromatic nitrogens is 2. The number of nitrogens with zero attached hydrogens (tertiary/aromatic N) is 1. The van der Waals surface area contributed by atoms with Gasteiger partial charge in [0.05, 0.1) is 17.5 Å². The number of hydrogen-bond acceptors (Lipinski definition) is 5. The maximum atomic E-state index is 12.7. The van der Waals surface area contributed by atoms with Crippen molar-refractivity contribution in [2.45, 2.75) is 5.75 Å². The monoisotopic (exact) mass is 410 g/mol. The zero-order chi connectivity index (χ0) is 20.4. The minimum Gasteiger partial charge on any atom is -0.464 e. The highest BCUT2D eigenvalue weighted by Gasteiger charge is 2.16. The Morgan fingerprint density at radius 1 is 1.14 bits per heavy atom. The van der Waals surface area contributed by atoms with Crippen molar-refractivity contribution in [1.29, 1.82) is 0 Å². The van der Waals surface area contributed by atoms with Crippen molar-refractivity contribution in [1.82, 2.24) is 14.9 Å². The van der Waals surface area contributed by atoms with Gasteiger partial charge in [0, 0.05) is 16.6 Å². The first kappa shape index (κ1) is 18.9. The fraction of sp³-hybridized carbons (Fsp3) is 0.100. The molecule has 0 aliphatic heterocycles. The number of amides is 1. The van der Waals surface area contributed by atoms with E-state index in [-0.39, 0.29) is 17.4 Å². The Bertz CT molecular complexity index is 1260. The summed E-state index contributed by atoms with van der Waals surface area (Å²) in [5.74, 6) is 0.201. The van der Waals surface area contributed by atoms with E-state index in [1.807, 2.05) is 24.3 Å². The Morgan fingerprint density at radius 3 is 2.62 bits per heavy atom. The minimum atomic E-state index is -3.35. The van der Waals surface area contributed by atoms with Crippen LogP contribution in [0.2, 0.25) is 0 Å². The smallest absolute Gasteiger partial charge is 0.276 e. The predicted octanol–water partition coefficient (Wildman–Crippen LogP) is 3.12. The first-order chi connectivity index (χ1) is 13.9. The number of H-pyrrole nitrogens is 1. The summed E-state index contributed by atoms with van der Waals surface area (Å²) >= 11 is 0. The summed E-state index contributed by atoms with van der Waals surface area (Å²) in [5.41, 5.74) is 2.99. The summed E-state index contributed by atoms with van der Waals surface area (Å²) in [5, 5.41) is 10.4. The average molecular weight is 410 g/mol. The number of sulfonamides is 1. The molecule has 1 amide bonds. The molecule has 9 heteroatoms. The van der Waals surface area contributed by atoms with Crippen LogP contribution in [0.4, 0.5) is 5.69 Å². The van der Waals surface area contributed by atoms with Crippen molar-refractivity contribution in [3.63, 3.8) is 0 Å². The quantitative estimate of drug-likeness (QED) is 0.451. The normalized spacial score (nSPS) is 11.6. The van der Waals surface area contributed by atoms with E-state index in [2.05, 4.69) is 20.2 Å². The Balaban J connectivity index is 1.55. The number of anilines is 1. The third kappa shape index (κ3) is 4.05. The number of carbonyl (C=O) groups excluding carboxylic acids is 1. The fourth-order valence-electron chi connectivity index (χ4n) is 2.95. The maximum Gasteiger partial charge on any atom is 0.276 e. The molecule has 0 atom stereocenters. The van der Waals surface area contributed by atoms with Gasteiger partial charge in [-0.15, -0.1) is 0 Å². The van der Waals surface area contributed by atoms with E-state index in [1.165, 1.54) is 7.05 Å². The molecular formula is C20H18N4O4S. The minimum absolute atomic E-state index is 0.128. The van der Waals surface area contributed by atoms with Crippen LogP contribution >= 0.6 is 0 Å². The van der Waals surface area contributed by atoms with Crippen LogP contribution in [-0.4, -0.2) is 31.6 Å². The summed E-state index contributed by atoms with van der Waals surface area (Å²) in [6.07, 6.45) is 1.59. The fourth-order valence-corrected chi connectivity index (χ4v) is 3.72. The molecule has 0 aliphatic rings. The molecule has 0 saturated carbocycles. The summed E-state index contributed by atoms with van der Waals surface area (Å²) in [6, 6.07) is 15.8. The molecule has 4 rings (SSSR count). The lowest BCUT2D eigenvalue weighted by molar-refractivity contribution is 0.102. The van der Waals surface area contributed by atoms with Gasteiger partial charge in [-0.05, 0) is 55.1 Å². The Labute approximate surface area is 167 Å². The Kier molecular flexibility index (Phi) is 4.91. The molecule has 0 spiro atoms. The maximum absolute atomic E-state index is 12.7. The number of fused-ring (bicyclic) bond motifs is 1. The average Bonchev–Trinajstić information content (AvgIpc) is 3.38. The van der Waals surface area contributed by atoms with Crippen molar-refractivity contribution < 1.29 is 17.6 Å². The van der Waals surface area contributed by atoms with Gasteiger partial charge in [-0.1, -0.05) is 12.1 Å². The molecule has 0 fully saturated rings. The number of carbonyl (C=O) groups is 1. The second kappa shape index (κ2) is 7.53. The molecule has 3 N–H and O–H groups in total. The molecule has 4 aromatic rings. The molecule has 148 valence electrons. The second-order valence-electron chi connectivity index (χ2n) is 6.42. The number of aromatic amines is 1. The van der Waals surface area contributed by atoms with E-state index >= 15 is 0 Å². The Hall–Kier alpha value is -3.43. The molecule has 29 heavy (non-hydrogen) atoms. The summed E-state index contributed by atoms with van der Waals surface area (Å²) in [7, 11) is -1.98. The zero-order valence-electron chi connectivity index (χ0n) is 15.5. The molecule has 2 aromatic heterocycles. The van der Waals surface area contributed by atoms with E-state index in [0.29, 0.717) is 22.4 Å². The van der Waals surface area contributed by atoms with Crippen LogP contribution in [0, 0.1) is 0 Å². The predicted molar refractivity (Wildman–Crippen MR) is 110 cm³/mol. The van der Waals surface area contributed by atoms with Gasteiger partial charge in [0.25, 0.3) is 5.91 Å². The summed E-state index contributed by atoms with van der Waals surface area (Å²) < 4.78 is 30.9. The second-order valence-corrected chi connectivity index (χ2v) is 8.35. The molecule has 2 heterocycles. The largest absolute Gasteiger partial charge is 0.464 e. The van der Waals surface area contributed by atoms with Crippen LogP contribution in [-0.2, 0) is 15.8 Å². The zero-order valence-corrected chi connectivity index (χ0v) is 16.3. The molecule has 0 unspecified atom stereocenters. The van der Waals surface area contributed by atoms with E-state index in [0.717, 1.165) is 11.1 Å². The van der Waals surface area contributed by atoms with Crippen LogP contribution in [0.5, 0.6) is 0 Å². The van der Waals surface area contributed by atoms with Crippen molar-refractivity contribution in [2.24, 2.45) is 0 Å². The number of rotatable bonds is 6. The number of furan rings is 1. The van der Waals surface area contributed by atoms with Crippen LogP contribution in [0.1, 0.15) is 16.1 Å². The van der Waals surface area contributed by atoms with E-state index in [4.69, 9.17) is 4.42 Å².